The van der Waals surface area contributed by atoms with Crippen LogP contribution in [0.2, 0.25) is 0 Å². The number of benzene rings is 1. The highest BCUT2D eigenvalue weighted by Crippen LogP contribution is 2.12. The highest BCUT2D eigenvalue weighted by atomic mass is 16.1. The van der Waals surface area contributed by atoms with Crippen LogP contribution < -0.4 is 0 Å². The van der Waals surface area contributed by atoms with Crippen molar-refractivity contribution in [3.63, 3.8) is 0 Å². The van der Waals surface area contributed by atoms with Crippen molar-refractivity contribution in [2.75, 3.05) is 0 Å². The van der Waals surface area contributed by atoms with Crippen LogP contribution in [0.15, 0.2) is 24.3 Å². The van der Waals surface area contributed by atoms with E-state index in [4.69, 9.17) is 5.26 Å². The smallest absolute Gasteiger partial charge is 0.164 e. The third-order valence-corrected chi connectivity index (χ3v) is 2.16. The highest BCUT2D eigenvalue weighted by Gasteiger charge is 2.11. The monoisotopic (exact) mass is 187 g/mol. The maximum atomic E-state index is 11.7. The van der Waals surface area contributed by atoms with Crippen LogP contribution in [0.1, 0.15) is 29.3 Å². The predicted molar refractivity (Wildman–Crippen MR) is 54.9 cm³/mol. The van der Waals surface area contributed by atoms with Crippen molar-refractivity contribution in [3.05, 3.63) is 35.4 Å². The maximum Gasteiger partial charge on any atom is 0.164 e. The van der Waals surface area contributed by atoms with Crippen molar-refractivity contribution >= 4 is 5.78 Å². The lowest BCUT2D eigenvalue weighted by Gasteiger charge is -2.04. The quantitative estimate of drug-likeness (QED) is 0.682. The summed E-state index contributed by atoms with van der Waals surface area (Å²) in [6, 6.07) is 9.53. The normalized spacial score (nSPS) is 11.8. The van der Waals surface area contributed by atoms with E-state index in [2.05, 4.69) is 6.07 Å². The Labute approximate surface area is 84.2 Å². The average Bonchev–Trinajstić information content (AvgIpc) is 2.18. The molecule has 0 aromatic heterocycles. The number of hydrogen-bond acceptors (Lipinski definition) is 2. The van der Waals surface area contributed by atoms with Crippen molar-refractivity contribution in [2.24, 2.45) is 5.92 Å². The molecule has 0 N–H and O–H groups in total. The first-order valence-corrected chi connectivity index (χ1v) is 4.63. The molecule has 0 saturated heterocycles. The lowest BCUT2D eigenvalue weighted by Crippen LogP contribution is -2.06. The molecule has 0 bridgehead atoms. The Bertz CT molecular complexity index is 376. The van der Waals surface area contributed by atoms with Crippen molar-refractivity contribution in [1.82, 2.24) is 0 Å². The van der Waals surface area contributed by atoms with Gasteiger partial charge in [-0.1, -0.05) is 24.3 Å². The molecule has 2 nitrogen and oxygen atoms in total. The van der Waals surface area contributed by atoms with E-state index in [9.17, 15) is 4.79 Å². The van der Waals surface area contributed by atoms with Gasteiger partial charge in [-0.25, -0.2) is 0 Å². The molecule has 0 saturated carbocycles. The van der Waals surface area contributed by atoms with Gasteiger partial charge in [-0.05, 0) is 19.4 Å². The van der Waals surface area contributed by atoms with Gasteiger partial charge in [0.1, 0.15) is 0 Å². The molecule has 0 aliphatic rings. The second-order valence-corrected chi connectivity index (χ2v) is 3.47. The van der Waals surface area contributed by atoms with Gasteiger partial charge in [0.25, 0.3) is 0 Å². The molecule has 1 aromatic carbocycles. The van der Waals surface area contributed by atoms with E-state index in [1.165, 1.54) is 0 Å². The minimum absolute atomic E-state index is 0.0529. The fraction of sp³-hybridized carbons (Fsp3) is 0.333. The number of carbonyl (C=O) groups excluding carboxylic acids is 1. The molecule has 1 atom stereocenters. The maximum absolute atomic E-state index is 11.7. The van der Waals surface area contributed by atoms with Gasteiger partial charge in [0.15, 0.2) is 5.78 Å². The lowest BCUT2D eigenvalue weighted by molar-refractivity contribution is 0.0972. The molecule has 0 amide bonds. The van der Waals surface area contributed by atoms with Gasteiger partial charge < -0.3 is 0 Å². The first-order chi connectivity index (χ1) is 6.65. The number of ketones is 1. The SMILES string of the molecule is Cc1ccccc1C(=O)CC(C)C#N. The van der Waals surface area contributed by atoms with Gasteiger partial charge in [0.2, 0.25) is 0 Å². The van der Waals surface area contributed by atoms with Gasteiger partial charge in [0.05, 0.1) is 12.0 Å². The summed E-state index contributed by atoms with van der Waals surface area (Å²) in [5, 5.41) is 8.60. The summed E-state index contributed by atoms with van der Waals surface area (Å²) in [5.74, 6) is -0.153. The van der Waals surface area contributed by atoms with Crippen molar-refractivity contribution in [3.8, 4) is 6.07 Å². The molecule has 0 heterocycles. The molecule has 0 radical (unpaired) electrons. The Morgan fingerprint density at radius 1 is 1.50 bits per heavy atom. The molecule has 1 unspecified atom stereocenters. The largest absolute Gasteiger partial charge is 0.294 e. The van der Waals surface area contributed by atoms with Gasteiger partial charge in [0, 0.05) is 12.0 Å². The van der Waals surface area contributed by atoms with Crippen LogP contribution in [0.4, 0.5) is 0 Å². The number of Topliss-reactive ketones (excluding diaryl/α,β-unsaturated/α-hetero) is 1. The number of aryl methyl sites for hydroxylation is 1. The molecule has 14 heavy (non-hydrogen) atoms. The fourth-order valence-corrected chi connectivity index (χ4v) is 1.32. The Kier molecular flexibility index (Phi) is 3.41. The molecule has 0 fully saturated rings. The molecular formula is C12H13NO. The van der Waals surface area contributed by atoms with Crippen LogP contribution >= 0.6 is 0 Å². The molecule has 2 heteroatoms. The van der Waals surface area contributed by atoms with Crippen LogP contribution in [0.5, 0.6) is 0 Å². The Morgan fingerprint density at radius 2 is 2.14 bits per heavy atom. The van der Waals surface area contributed by atoms with E-state index < -0.39 is 0 Å². The van der Waals surface area contributed by atoms with Crippen molar-refractivity contribution in [1.29, 1.82) is 5.26 Å². The predicted octanol–water partition coefficient (Wildman–Crippen LogP) is 2.73. The third kappa shape index (κ3) is 2.43. The van der Waals surface area contributed by atoms with E-state index in [0.29, 0.717) is 6.42 Å². The molecule has 0 aliphatic carbocycles. The molecular weight excluding hydrogens is 174 g/mol. The molecule has 0 aliphatic heterocycles. The lowest BCUT2D eigenvalue weighted by atomic mass is 9.98. The van der Waals surface area contributed by atoms with Gasteiger partial charge in [-0.15, -0.1) is 0 Å². The first-order valence-electron chi connectivity index (χ1n) is 4.63. The number of hydrogen-bond donors (Lipinski definition) is 0. The standard InChI is InChI=1S/C12H13NO/c1-9(8-13)7-12(14)11-6-4-3-5-10(11)2/h3-6,9H,7H2,1-2H3. The van der Waals surface area contributed by atoms with E-state index in [1.807, 2.05) is 31.2 Å². The first kappa shape index (κ1) is 10.5. The van der Waals surface area contributed by atoms with Crippen LogP contribution in [0, 0.1) is 24.2 Å². The van der Waals surface area contributed by atoms with E-state index in [-0.39, 0.29) is 11.7 Å². The number of carbonyl (C=O) groups is 1. The topological polar surface area (TPSA) is 40.9 Å². The summed E-state index contributed by atoms with van der Waals surface area (Å²) >= 11 is 0. The Hall–Kier alpha value is -1.62. The summed E-state index contributed by atoms with van der Waals surface area (Å²) < 4.78 is 0. The van der Waals surface area contributed by atoms with E-state index in [1.54, 1.807) is 6.92 Å². The second-order valence-electron chi connectivity index (χ2n) is 3.47. The fourth-order valence-electron chi connectivity index (χ4n) is 1.32. The highest BCUT2D eigenvalue weighted by molar-refractivity contribution is 5.97. The van der Waals surface area contributed by atoms with Crippen molar-refractivity contribution < 1.29 is 4.79 Å². The molecule has 1 rings (SSSR count). The van der Waals surface area contributed by atoms with E-state index >= 15 is 0 Å². The number of nitriles is 1. The van der Waals surface area contributed by atoms with Gasteiger partial charge in [-0.2, -0.15) is 5.26 Å². The van der Waals surface area contributed by atoms with Crippen LogP contribution in [0.3, 0.4) is 0 Å². The summed E-state index contributed by atoms with van der Waals surface area (Å²) in [6.45, 7) is 3.67. The summed E-state index contributed by atoms with van der Waals surface area (Å²) in [6.07, 6.45) is 0.307. The number of rotatable bonds is 3. The summed E-state index contributed by atoms with van der Waals surface area (Å²) in [4.78, 5) is 11.7. The summed E-state index contributed by atoms with van der Waals surface area (Å²) in [5.41, 5.74) is 1.71. The minimum Gasteiger partial charge on any atom is -0.294 e. The Morgan fingerprint density at radius 3 is 2.71 bits per heavy atom. The van der Waals surface area contributed by atoms with E-state index in [0.717, 1.165) is 11.1 Å². The average molecular weight is 187 g/mol. The van der Waals surface area contributed by atoms with Crippen LogP contribution in [-0.4, -0.2) is 5.78 Å². The molecule has 0 spiro atoms. The van der Waals surface area contributed by atoms with Gasteiger partial charge >= 0.3 is 0 Å². The van der Waals surface area contributed by atoms with Crippen LogP contribution in [0.25, 0.3) is 0 Å². The Balaban J connectivity index is 2.81. The van der Waals surface area contributed by atoms with Crippen LogP contribution in [-0.2, 0) is 0 Å². The molecule has 1 aromatic rings. The number of nitrogens with zero attached hydrogens (tertiary/aromatic N) is 1. The zero-order valence-electron chi connectivity index (χ0n) is 8.45. The van der Waals surface area contributed by atoms with Crippen molar-refractivity contribution in [2.45, 2.75) is 20.3 Å². The van der Waals surface area contributed by atoms with Gasteiger partial charge in [-0.3, -0.25) is 4.79 Å². The second kappa shape index (κ2) is 4.57. The minimum atomic E-state index is -0.206. The summed E-state index contributed by atoms with van der Waals surface area (Å²) in [7, 11) is 0. The third-order valence-electron chi connectivity index (χ3n) is 2.16. The zero-order valence-corrected chi connectivity index (χ0v) is 8.45. The zero-order chi connectivity index (χ0) is 10.6. The molecule has 72 valence electrons.